The predicted molar refractivity (Wildman–Crippen MR) is 95.9 cm³/mol. The molecule has 1 aliphatic carbocycles. The number of nitrogens with zero attached hydrogens (tertiary/aromatic N) is 1. The average Bonchev–Trinajstić information content (AvgIpc) is 3.24. The van der Waals surface area contributed by atoms with E-state index in [1.54, 1.807) is 0 Å². The first-order valence-electron chi connectivity index (χ1n) is 9.29. The summed E-state index contributed by atoms with van der Waals surface area (Å²) in [5.74, 6) is 0.321. The van der Waals surface area contributed by atoms with Crippen molar-refractivity contribution in [3.63, 3.8) is 0 Å². The largest absolute Gasteiger partial charge is 0.339 e. The van der Waals surface area contributed by atoms with Crippen molar-refractivity contribution in [1.82, 2.24) is 4.90 Å². The summed E-state index contributed by atoms with van der Waals surface area (Å²) in [4.78, 5) is 26.9. The van der Waals surface area contributed by atoms with Gasteiger partial charge in [0, 0.05) is 24.7 Å². The van der Waals surface area contributed by atoms with Gasteiger partial charge in [-0.2, -0.15) is 0 Å². The quantitative estimate of drug-likeness (QED) is 0.890. The molecule has 1 aromatic rings. The van der Waals surface area contributed by atoms with Gasteiger partial charge in [0.2, 0.25) is 11.8 Å². The molecule has 1 saturated carbocycles. The number of hydrogen-bond donors (Lipinski definition) is 1. The standard InChI is InChI=1S/C20H28N2O2/c1-3-14(2)17-10-6-7-11-18(17)21-20(24)15-12-19(23)22(13-15)16-8-4-5-9-16/h6-7,10-11,14-16H,3-5,8-9,12-13H2,1-2H3,(H,21,24)/t14-,15+/m1/s1. The van der Waals surface area contributed by atoms with Crippen LogP contribution in [0.15, 0.2) is 24.3 Å². The first-order chi connectivity index (χ1) is 11.6. The molecule has 1 aliphatic heterocycles. The number of hydrogen-bond acceptors (Lipinski definition) is 2. The minimum absolute atomic E-state index is 0.0143. The Morgan fingerprint density at radius 1 is 1.29 bits per heavy atom. The van der Waals surface area contributed by atoms with Crippen molar-refractivity contribution in [2.24, 2.45) is 5.92 Å². The molecular weight excluding hydrogens is 300 g/mol. The number of carbonyl (C=O) groups is 2. The minimum atomic E-state index is -0.219. The molecule has 1 aromatic carbocycles. The summed E-state index contributed by atoms with van der Waals surface area (Å²) in [5.41, 5.74) is 2.06. The zero-order valence-electron chi connectivity index (χ0n) is 14.8. The maximum atomic E-state index is 12.7. The summed E-state index contributed by atoms with van der Waals surface area (Å²) in [7, 11) is 0. The second-order valence-corrected chi connectivity index (χ2v) is 7.27. The van der Waals surface area contributed by atoms with E-state index in [4.69, 9.17) is 0 Å². The van der Waals surface area contributed by atoms with Crippen molar-refractivity contribution in [2.75, 3.05) is 11.9 Å². The van der Waals surface area contributed by atoms with Gasteiger partial charge in [0.05, 0.1) is 5.92 Å². The molecule has 0 spiro atoms. The second kappa shape index (κ2) is 7.37. The first-order valence-corrected chi connectivity index (χ1v) is 9.29. The van der Waals surface area contributed by atoms with Gasteiger partial charge in [-0.3, -0.25) is 9.59 Å². The lowest BCUT2D eigenvalue weighted by atomic mass is 9.96. The van der Waals surface area contributed by atoms with Gasteiger partial charge in [-0.15, -0.1) is 0 Å². The molecular formula is C20H28N2O2. The molecule has 0 radical (unpaired) electrons. The van der Waals surface area contributed by atoms with Gasteiger partial charge < -0.3 is 10.2 Å². The maximum absolute atomic E-state index is 12.7. The number of anilines is 1. The molecule has 0 bridgehead atoms. The fourth-order valence-electron chi connectivity index (χ4n) is 3.97. The third-order valence-electron chi connectivity index (χ3n) is 5.66. The van der Waals surface area contributed by atoms with Gasteiger partial charge in [-0.1, -0.05) is 44.9 Å². The molecule has 3 rings (SSSR count). The summed E-state index contributed by atoms with van der Waals surface area (Å²) in [6.07, 6.45) is 5.98. The molecule has 130 valence electrons. The van der Waals surface area contributed by atoms with Crippen LogP contribution in [0.25, 0.3) is 0 Å². The monoisotopic (exact) mass is 328 g/mol. The molecule has 4 heteroatoms. The Hall–Kier alpha value is -1.84. The first kappa shape index (κ1) is 17.0. The van der Waals surface area contributed by atoms with Crippen molar-refractivity contribution in [2.45, 2.75) is 64.3 Å². The van der Waals surface area contributed by atoms with Crippen LogP contribution in [0.3, 0.4) is 0 Å². The van der Waals surface area contributed by atoms with Gasteiger partial charge in [-0.05, 0) is 36.8 Å². The van der Waals surface area contributed by atoms with Gasteiger partial charge in [0.1, 0.15) is 0 Å². The van der Waals surface area contributed by atoms with Crippen LogP contribution in [0.1, 0.15) is 63.9 Å². The van der Waals surface area contributed by atoms with Crippen LogP contribution < -0.4 is 5.32 Å². The lowest BCUT2D eigenvalue weighted by Gasteiger charge is -2.24. The van der Waals surface area contributed by atoms with E-state index in [1.165, 1.54) is 18.4 Å². The van der Waals surface area contributed by atoms with Crippen LogP contribution in [-0.2, 0) is 9.59 Å². The SMILES string of the molecule is CC[C@@H](C)c1ccccc1NC(=O)[C@H]1CC(=O)N(C2CCCC2)C1. The van der Waals surface area contributed by atoms with Crippen LogP contribution in [0.5, 0.6) is 0 Å². The highest BCUT2D eigenvalue weighted by Crippen LogP contribution is 2.31. The number of likely N-dealkylation sites (tertiary alicyclic amines) is 1. The van der Waals surface area contributed by atoms with Crippen molar-refractivity contribution in [3.05, 3.63) is 29.8 Å². The fraction of sp³-hybridized carbons (Fsp3) is 0.600. The van der Waals surface area contributed by atoms with Gasteiger partial charge in [0.15, 0.2) is 0 Å². The number of para-hydroxylation sites is 1. The number of rotatable bonds is 5. The topological polar surface area (TPSA) is 49.4 Å². The molecule has 0 unspecified atom stereocenters. The summed E-state index contributed by atoms with van der Waals surface area (Å²) >= 11 is 0. The van der Waals surface area contributed by atoms with E-state index in [-0.39, 0.29) is 17.7 Å². The smallest absolute Gasteiger partial charge is 0.229 e. The Bertz CT molecular complexity index is 607. The fourth-order valence-corrected chi connectivity index (χ4v) is 3.97. The molecule has 2 fully saturated rings. The van der Waals surface area contributed by atoms with Crippen LogP contribution >= 0.6 is 0 Å². The summed E-state index contributed by atoms with van der Waals surface area (Å²) in [6, 6.07) is 8.37. The highest BCUT2D eigenvalue weighted by Gasteiger charge is 2.38. The average molecular weight is 328 g/mol. The number of benzene rings is 1. The van der Waals surface area contributed by atoms with Gasteiger partial charge in [-0.25, -0.2) is 0 Å². The number of amides is 2. The Labute approximate surface area is 144 Å². The normalized spacial score (nSPS) is 22.8. The van der Waals surface area contributed by atoms with Crippen LogP contribution in [0.4, 0.5) is 5.69 Å². The van der Waals surface area contributed by atoms with E-state index in [0.29, 0.717) is 24.9 Å². The lowest BCUT2D eigenvalue weighted by molar-refractivity contribution is -0.129. The summed E-state index contributed by atoms with van der Waals surface area (Å²) < 4.78 is 0. The molecule has 1 heterocycles. The molecule has 24 heavy (non-hydrogen) atoms. The highest BCUT2D eigenvalue weighted by molar-refractivity contribution is 5.97. The number of nitrogens with one attached hydrogen (secondary N) is 1. The van der Waals surface area contributed by atoms with Crippen LogP contribution in [0, 0.1) is 5.92 Å². The van der Waals surface area contributed by atoms with Crippen molar-refractivity contribution < 1.29 is 9.59 Å². The minimum Gasteiger partial charge on any atom is -0.339 e. The zero-order valence-corrected chi connectivity index (χ0v) is 14.8. The van der Waals surface area contributed by atoms with Crippen molar-refractivity contribution in [1.29, 1.82) is 0 Å². The zero-order chi connectivity index (χ0) is 17.1. The Morgan fingerprint density at radius 2 is 2.00 bits per heavy atom. The summed E-state index contributed by atoms with van der Waals surface area (Å²) in [5, 5.41) is 3.08. The van der Waals surface area contributed by atoms with Gasteiger partial charge in [0.25, 0.3) is 0 Å². The van der Waals surface area contributed by atoms with E-state index >= 15 is 0 Å². The second-order valence-electron chi connectivity index (χ2n) is 7.27. The molecule has 4 nitrogen and oxygen atoms in total. The van der Waals surface area contributed by atoms with Gasteiger partial charge >= 0.3 is 0 Å². The van der Waals surface area contributed by atoms with Crippen molar-refractivity contribution in [3.8, 4) is 0 Å². The molecule has 1 N–H and O–H groups in total. The Balaban J connectivity index is 1.67. The van der Waals surface area contributed by atoms with E-state index in [2.05, 4.69) is 25.2 Å². The Morgan fingerprint density at radius 3 is 2.71 bits per heavy atom. The maximum Gasteiger partial charge on any atom is 0.229 e. The number of carbonyl (C=O) groups excluding carboxylic acids is 2. The van der Waals surface area contributed by atoms with Crippen LogP contribution in [-0.4, -0.2) is 29.3 Å². The summed E-state index contributed by atoms with van der Waals surface area (Å²) in [6.45, 7) is 4.91. The van der Waals surface area contributed by atoms with Crippen LogP contribution in [0.2, 0.25) is 0 Å². The molecule has 2 amide bonds. The van der Waals surface area contributed by atoms with E-state index in [0.717, 1.165) is 24.9 Å². The highest BCUT2D eigenvalue weighted by atomic mass is 16.2. The Kier molecular flexibility index (Phi) is 5.22. The molecule has 2 aliphatic rings. The van der Waals surface area contributed by atoms with E-state index in [1.807, 2.05) is 23.1 Å². The molecule has 1 saturated heterocycles. The molecule has 2 atom stereocenters. The van der Waals surface area contributed by atoms with E-state index < -0.39 is 0 Å². The lowest BCUT2D eigenvalue weighted by Crippen LogP contribution is -2.35. The predicted octanol–water partition coefficient (Wildman–Crippen LogP) is 3.93. The third-order valence-corrected chi connectivity index (χ3v) is 5.66. The van der Waals surface area contributed by atoms with E-state index in [9.17, 15) is 9.59 Å². The molecule has 0 aromatic heterocycles. The van der Waals surface area contributed by atoms with Crippen molar-refractivity contribution >= 4 is 17.5 Å². The third kappa shape index (κ3) is 3.47.